The van der Waals surface area contributed by atoms with E-state index in [1.165, 1.54) is 24.0 Å². The predicted molar refractivity (Wildman–Crippen MR) is 118 cm³/mol. The summed E-state index contributed by atoms with van der Waals surface area (Å²) in [4.78, 5) is 23.7. The molecule has 0 bridgehead atoms. The van der Waals surface area contributed by atoms with Gasteiger partial charge in [0.25, 0.3) is 0 Å². The molecule has 160 valence electrons. The number of hydrogen-bond acceptors (Lipinski definition) is 4. The van der Waals surface area contributed by atoms with E-state index in [0.717, 1.165) is 36.2 Å². The van der Waals surface area contributed by atoms with Crippen molar-refractivity contribution in [3.63, 3.8) is 0 Å². The number of nitrogens with zero attached hydrogens (tertiary/aromatic N) is 3. The van der Waals surface area contributed by atoms with Crippen LogP contribution in [0.2, 0.25) is 0 Å². The Hall–Kier alpha value is -2.43. The second-order valence-electron chi connectivity index (χ2n) is 9.79. The molecule has 30 heavy (non-hydrogen) atoms. The topological polar surface area (TPSA) is 55.3 Å². The van der Waals surface area contributed by atoms with Gasteiger partial charge in [-0.1, -0.05) is 52.3 Å². The van der Waals surface area contributed by atoms with Crippen LogP contribution in [-0.2, 0) is 17.7 Å². The average molecular weight is 408 g/mol. The van der Waals surface area contributed by atoms with Gasteiger partial charge in [0.1, 0.15) is 11.9 Å². The van der Waals surface area contributed by atoms with E-state index < -0.39 is 0 Å². The van der Waals surface area contributed by atoms with Crippen LogP contribution in [0.4, 0.5) is 4.79 Å². The number of benzene rings is 1. The minimum Gasteiger partial charge on any atom is -0.446 e. The van der Waals surface area contributed by atoms with Crippen LogP contribution in [0, 0.1) is 5.41 Å². The standard InChI is InChI=1S/C25H33N3O2/c1-5-6-22(25(2,3)4)30-24(29)28-12-11-19-13-18(9-10-20(19)16-28)21-14-26-23(27-15-21)17-7-8-17/h9-10,13-15,17,22H,5-8,11-12,16H2,1-4H3. The molecule has 5 nitrogen and oxygen atoms in total. The van der Waals surface area contributed by atoms with Gasteiger partial charge in [0.05, 0.1) is 0 Å². The summed E-state index contributed by atoms with van der Waals surface area (Å²) in [5.41, 5.74) is 4.63. The van der Waals surface area contributed by atoms with E-state index in [1.54, 1.807) is 0 Å². The van der Waals surface area contributed by atoms with E-state index in [9.17, 15) is 4.79 Å². The van der Waals surface area contributed by atoms with Crippen molar-refractivity contribution in [1.82, 2.24) is 14.9 Å². The molecule has 0 N–H and O–H groups in total. The molecule has 1 unspecified atom stereocenters. The number of carbonyl (C=O) groups is 1. The molecule has 2 aliphatic rings. The molecule has 1 saturated carbocycles. The fraction of sp³-hybridized carbons (Fsp3) is 0.560. The molecule has 1 fully saturated rings. The number of fused-ring (bicyclic) bond motifs is 1. The van der Waals surface area contributed by atoms with Crippen molar-refractivity contribution in [3.8, 4) is 11.1 Å². The Kier molecular flexibility index (Phi) is 5.81. The summed E-state index contributed by atoms with van der Waals surface area (Å²) in [5.74, 6) is 1.55. The maximum absolute atomic E-state index is 12.8. The second-order valence-corrected chi connectivity index (χ2v) is 9.79. The van der Waals surface area contributed by atoms with Gasteiger partial charge >= 0.3 is 6.09 Å². The van der Waals surface area contributed by atoms with Crippen molar-refractivity contribution in [2.24, 2.45) is 5.41 Å². The molecular weight excluding hydrogens is 374 g/mol. The van der Waals surface area contributed by atoms with E-state index in [1.807, 2.05) is 17.3 Å². The van der Waals surface area contributed by atoms with Gasteiger partial charge < -0.3 is 9.64 Å². The third kappa shape index (κ3) is 4.66. The fourth-order valence-electron chi connectivity index (χ4n) is 4.05. The Bertz CT molecular complexity index is 898. The first-order valence-corrected chi connectivity index (χ1v) is 11.2. The fourth-order valence-corrected chi connectivity index (χ4v) is 4.05. The lowest BCUT2D eigenvalue weighted by molar-refractivity contribution is 0.00306. The van der Waals surface area contributed by atoms with Crippen LogP contribution in [0.5, 0.6) is 0 Å². The highest BCUT2D eigenvalue weighted by atomic mass is 16.6. The maximum Gasteiger partial charge on any atom is 0.410 e. The first-order chi connectivity index (χ1) is 14.3. The molecule has 1 aromatic heterocycles. The van der Waals surface area contributed by atoms with Crippen molar-refractivity contribution in [2.75, 3.05) is 6.54 Å². The molecular formula is C25H33N3O2. The molecule has 1 aromatic carbocycles. The summed E-state index contributed by atoms with van der Waals surface area (Å²) in [7, 11) is 0. The van der Waals surface area contributed by atoms with Gasteiger partial charge in [-0.15, -0.1) is 0 Å². The molecule has 1 atom stereocenters. The Labute approximate surface area is 179 Å². The number of hydrogen-bond donors (Lipinski definition) is 0. The van der Waals surface area contributed by atoms with Crippen LogP contribution in [0.1, 0.15) is 76.2 Å². The SMILES string of the molecule is CCCC(OC(=O)N1CCc2cc(-c3cnc(C4CC4)nc3)ccc2C1)C(C)(C)C. The zero-order valence-electron chi connectivity index (χ0n) is 18.6. The van der Waals surface area contributed by atoms with E-state index in [2.05, 4.69) is 55.9 Å². The first kappa shape index (κ1) is 20.8. The summed E-state index contributed by atoms with van der Waals surface area (Å²) < 4.78 is 5.91. The quantitative estimate of drug-likeness (QED) is 0.635. The molecule has 4 rings (SSSR count). The van der Waals surface area contributed by atoms with Gasteiger partial charge in [0, 0.05) is 37.0 Å². The Balaban J connectivity index is 1.43. The summed E-state index contributed by atoms with van der Waals surface area (Å²) in [6.07, 6.45) is 8.80. The highest BCUT2D eigenvalue weighted by Gasteiger charge is 2.31. The van der Waals surface area contributed by atoms with E-state index >= 15 is 0 Å². The number of rotatable bonds is 5. The lowest BCUT2D eigenvalue weighted by Crippen LogP contribution is -2.41. The van der Waals surface area contributed by atoms with Crippen LogP contribution < -0.4 is 0 Å². The third-order valence-electron chi connectivity index (χ3n) is 6.18. The Morgan fingerprint density at radius 3 is 2.53 bits per heavy atom. The van der Waals surface area contributed by atoms with E-state index in [-0.39, 0.29) is 17.6 Å². The van der Waals surface area contributed by atoms with E-state index in [0.29, 0.717) is 19.0 Å². The van der Waals surface area contributed by atoms with Crippen LogP contribution in [0.15, 0.2) is 30.6 Å². The van der Waals surface area contributed by atoms with Crippen molar-refractivity contribution in [2.45, 2.75) is 78.4 Å². The molecule has 0 spiro atoms. The van der Waals surface area contributed by atoms with Crippen LogP contribution in [0.3, 0.4) is 0 Å². The van der Waals surface area contributed by atoms with Crippen molar-refractivity contribution in [3.05, 3.63) is 47.5 Å². The lowest BCUT2D eigenvalue weighted by atomic mass is 9.86. The monoisotopic (exact) mass is 407 g/mol. The van der Waals surface area contributed by atoms with Gasteiger partial charge in [-0.25, -0.2) is 14.8 Å². The van der Waals surface area contributed by atoms with Gasteiger partial charge in [0.15, 0.2) is 0 Å². The average Bonchev–Trinajstić information content (AvgIpc) is 3.57. The van der Waals surface area contributed by atoms with Gasteiger partial charge in [0.2, 0.25) is 0 Å². The number of carbonyl (C=O) groups excluding carboxylic acids is 1. The van der Waals surface area contributed by atoms with Crippen molar-refractivity contribution in [1.29, 1.82) is 0 Å². The predicted octanol–water partition coefficient (Wildman–Crippen LogP) is 5.73. The third-order valence-corrected chi connectivity index (χ3v) is 6.18. The maximum atomic E-state index is 12.8. The minimum absolute atomic E-state index is 0.0502. The minimum atomic E-state index is -0.192. The summed E-state index contributed by atoms with van der Waals surface area (Å²) in [6, 6.07) is 6.47. The number of ether oxygens (including phenoxy) is 1. The summed E-state index contributed by atoms with van der Waals surface area (Å²) in [6.45, 7) is 9.83. The van der Waals surface area contributed by atoms with Crippen LogP contribution >= 0.6 is 0 Å². The normalized spacial score (nSPS) is 17.4. The Morgan fingerprint density at radius 2 is 1.90 bits per heavy atom. The molecule has 1 amide bonds. The largest absolute Gasteiger partial charge is 0.446 e. The van der Waals surface area contributed by atoms with Gasteiger partial charge in [-0.2, -0.15) is 0 Å². The van der Waals surface area contributed by atoms with Crippen LogP contribution in [0.25, 0.3) is 11.1 Å². The smallest absolute Gasteiger partial charge is 0.410 e. The molecule has 1 aliphatic carbocycles. The molecule has 1 aliphatic heterocycles. The molecule has 2 aromatic rings. The number of aromatic nitrogens is 2. The lowest BCUT2D eigenvalue weighted by Gasteiger charge is -2.34. The summed E-state index contributed by atoms with van der Waals surface area (Å²) in [5, 5.41) is 0. The molecule has 0 radical (unpaired) electrons. The highest BCUT2D eigenvalue weighted by Crippen LogP contribution is 2.38. The van der Waals surface area contributed by atoms with E-state index in [4.69, 9.17) is 4.74 Å². The van der Waals surface area contributed by atoms with Gasteiger partial charge in [-0.3, -0.25) is 0 Å². The molecule has 2 heterocycles. The Morgan fingerprint density at radius 1 is 1.17 bits per heavy atom. The van der Waals surface area contributed by atoms with Crippen molar-refractivity contribution < 1.29 is 9.53 Å². The van der Waals surface area contributed by atoms with Crippen molar-refractivity contribution >= 4 is 6.09 Å². The van der Waals surface area contributed by atoms with Gasteiger partial charge in [-0.05, 0) is 47.8 Å². The zero-order chi connectivity index (χ0) is 21.3. The summed E-state index contributed by atoms with van der Waals surface area (Å²) >= 11 is 0. The number of amides is 1. The highest BCUT2D eigenvalue weighted by molar-refractivity contribution is 5.69. The zero-order valence-corrected chi connectivity index (χ0v) is 18.6. The molecule has 0 saturated heterocycles. The second kappa shape index (κ2) is 8.37. The van der Waals surface area contributed by atoms with Crippen LogP contribution in [-0.4, -0.2) is 33.6 Å². The first-order valence-electron chi connectivity index (χ1n) is 11.2. The molecule has 5 heteroatoms.